The Balaban J connectivity index is 0.000000160. The van der Waals surface area contributed by atoms with Crippen LogP contribution in [-0.2, 0) is 6.54 Å². The van der Waals surface area contributed by atoms with Crippen LogP contribution in [0.4, 0.5) is 0 Å². The minimum Gasteiger partial charge on any atom is -0.337 e. The number of nitrogens with zero attached hydrogens (tertiary/aromatic N) is 1. The average Bonchev–Trinajstić information content (AvgIpc) is 2.78. The van der Waals surface area contributed by atoms with E-state index in [9.17, 15) is 0 Å². The van der Waals surface area contributed by atoms with Crippen LogP contribution < -0.4 is 0 Å². The molecule has 0 spiro atoms. The summed E-state index contributed by atoms with van der Waals surface area (Å²) < 4.78 is 2.94. The highest BCUT2D eigenvalue weighted by molar-refractivity contribution is 7.73. The number of quaternary nitrogens is 1. The number of fused-ring (bicyclic) bond motifs is 1. The molecule has 1 aromatic heterocycles. The van der Waals surface area contributed by atoms with Gasteiger partial charge in [0.05, 0.1) is 31.4 Å². The zero-order valence-corrected chi connectivity index (χ0v) is 15.4. The monoisotopic (exact) mass is 351 g/mol. The lowest BCUT2D eigenvalue weighted by molar-refractivity contribution is -0.884. The van der Waals surface area contributed by atoms with Crippen molar-refractivity contribution in [1.29, 1.82) is 0 Å². The number of aromatic nitrogens is 1. The molecule has 0 fully saturated rings. The topological polar surface area (TPSA) is 15.8 Å². The van der Waals surface area contributed by atoms with E-state index in [0.29, 0.717) is 0 Å². The van der Waals surface area contributed by atoms with E-state index in [-0.39, 0.29) is 0 Å². The number of aromatic amines is 1. The number of hydrogen-bond acceptors (Lipinski definition) is 2. The van der Waals surface area contributed by atoms with Gasteiger partial charge in [-0.05, 0) is 30.4 Å². The number of H-pyrrole nitrogens is 1. The highest BCUT2D eigenvalue weighted by Gasteiger charge is 2.06. The van der Waals surface area contributed by atoms with Crippen LogP contribution >= 0.6 is 35.2 Å². The van der Waals surface area contributed by atoms with Crippen molar-refractivity contribution in [2.24, 2.45) is 0 Å². The first kappa shape index (κ1) is 17.2. The van der Waals surface area contributed by atoms with Crippen molar-refractivity contribution < 1.29 is 4.48 Å². The van der Waals surface area contributed by atoms with Crippen LogP contribution in [0.2, 0.25) is 5.02 Å². The van der Waals surface area contributed by atoms with Crippen molar-refractivity contribution in [2.45, 2.75) is 6.54 Å². The second kappa shape index (κ2) is 7.38. The fourth-order valence-electron chi connectivity index (χ4n) is 2.06. The summed E-state index contributed by atoms with van der Waals surface area (Å²) >= 11 is 12.3. The van der Waals surface area contributed by atoms with E-state index in [1.54, 1.807) is 11.3 Å². The number of thiazole rings is 1. The van der Waals surface area contributed by atoms with Gasteiger partial charge < -0.3 is 9.47 Å². The number of rotatable bonds is 2. The molecule has 1 heterocycles. The van der Waals surface area contributed by atoms with Crippen LogP contribution in [0.5, 0.6) is 0 Å². The van der Waals surface area contributed by atoms with Crippen LogP contribution in [-0.4, -0.2) is 30.6 Å². The second-order valence-electron chi connectivity index (χ2n) is 6.09. The van der Waals surface area contributed by atoms with Gasteiger partial charge in [0.1, 0.15) is 6.54 Å². The Morgan fingerprint density at radius 1 is 1.09 bits per heavy atom. The zero-order valence-electron chi connectivity index (χ0n) is 13.0. The van der Waals surface area contributed by atoms with Gasteiger partial charge >= 0.3 is 0 Å². The summed E-state index contributed by atoms with van der Waals surface area (Å²) in [5, 5.41) is 0.738. The highest BCUT2D eigenvalue weighted by atomic mass is 35.5. The highest BCUT2D eigenvalue weighted by Crippen LogP contribution is 2.22. The molecular formula is C17H20ClN2S2+. The van der Waals surface area contributed by atoms with Gasteiger partial charge in [0, 0.05) is 10.6 Å². The summed E-state index contributed by atoms with van der Waals surface area (Å²) in [6.07, 6.45) is 0. The van der Waals surface area contributed by atoms with Crippen molar-refractivity contribution in [3.05, 3.63) is 63.1 Å². The first-order valence-corrected chi connectivity index (χ1v) is 8.56. The van der Waals surface area contributed by atoms with Crippen molar-refractivity contribution in [3.63, 3.8) is 0 Å². The molecule has 0 saturated carbocycles. The normalized spacial score (nSPS) is 11.1. The molecule has 0 radical (unpaired) electrons. The molecular weight excluding hydrogens is 332 g/mol. The van der Waals surface area contributed by atoms with Gasteiger partial charge in [0.2, 0.25) is 0 Å². The summed E-state index contributed by atoms with van der Waals surface area (Å²) in [5.74, 6) is 0. The van der Waals surface area contributed by atoms with Crippen LogP contribution in [0.3, 0.4) is 0 Å². The lowest BCUT2D eigenvalue weighted by atomic mass is 10.2. The largest absolute Gasteiger partial charge is 0.337 e. The van der Waals surface area contributed by atoms with Crippen molar-refractivity contribution in [1.82, 2.24) is 4.98 Å². The first-order valence-electron chi connectivity index (χ1n) is 6.96. The molecule has 0 unspecified atom stereocenters. The molecule has 3 rings (SSSR count). The Hall–Kier alpha value is -1.20. The molecule has 0 aliphatic rings. The summed E-state index contributed by atoms with van der Waals surface area (Å²) in [7, 11) is 6.60. The molecule has 3 aromatic rings. The molecule has 0 saturated heterocycles. The minimum absolute atomic E-state index is 0.738. The van der Waals surface area contributed by atoms with Gasteiger partial charge in [0.25, 0.3) is 0 Å². The van der Waals surface area contributed by atoms with Gasteiger partial charge in [0.15, 0.2) is 3.95 Å². The molecule has 22 heavy (non-hydrogen) atoms. The smallest absolute Gasteiger partial charge is 0.159 e. The molecule has 0 amide bonds. The lowest BCUT2D eigenvalue weighted by Gasteiger charge is -2.23. The van der Waals surface area contributed by atoms with Gasteiger partial charge in [-0.2, -0.15) is 0 Å². The number of halogens is 1. The Morgan fingerprint density at radius 2 is 1.77 bits per heavy atom. The van der Waals surface area contributed by atoms with Crippen LogP contribution in [0, 0.1) is 3.95 Å². The van der Waals surface area contributed by atoms with Crippen molar-refractivity contribution in [2.75, 3.05) is 21.1 Å². The maximum atomic E-state index is 5.78. The number of hydrogen-bond donors (Lipinski definition) is 1. The Labute approximate surface area is 145 Å². The fraction of sp³-hybridized carbons (Fsp3) is 0.235. The molecule has 1 N–H and O–H groups in total. The maximum absolute atomic E-state index is 5.78. The van der Waals surface area contributed by atoms with E-state index < -0.39 is 0 Å². The summed E-state index contributed by atoms with van der Waals surface area (Å²) in [4.78, 5) is 3.05. The predicted molar refractivity (Wildman–Crippen MR) is 100 cm³/mol. The first-order chi connectivity index (χ1) is 10.3. The average molecular weight is 352 g/mol. The summed E-state index contributed by atoms with van der Waals surface area (Å²) in [6, 6.07) is 16.3. The van der Waals surface area contributed by atoms with E-state index in [1.807, 2.05) is 18.2 Å². The predicted octanol–water partition coefficient (Wildman–Crippen LogP) is 5.51. The van der Waals surface area contributed by atoms with E-state index in [2.05, 4.69) is 56.5 Å². The van der Waals surface area contributed by atoms with Crippen LogP contribution in [0.1, 0.15) is 5.56 Å². The standard InChI is InChI=1S/C10H16N.C7H4ClNS2/c1-11(2,3)9-10-7-5-4-6-8-10;8-4-1-2-6-5(3-4)9-7(10)11-6/h4-8H,9H2,1-3H3;1-3H,(H,9,10)/q+1;. The van der Waals surface area contributed by atoms with E-state index in [0.717, 1.165) is 30.2 Å². The van der Waals surface area contributed by atoms with Crippen LogP contribution in [0.15, 0.2) is 48.5 Å². The third-order valence-corrected chi connectivity index (χ3v) is 4.33. The van der Waals surface area contributed by atoms with E-state index in [1.165, 1.54) is 5.56 Å². The number of benzene rings is 2. The summed E-state index contributed by atoms with van der Waals surface area (Å²) in [6.45, 7) is 1.10. The van der Waals surface area contributed by atoms with Crippen molar-refractivity contribution >= 4 is 45.4 Å². The molecule has 2 nitrogen and oxygen atoms in total. The fourth-order valence-corrected chi connectivity index (χ4v) is 3.32. The van der Waals surface area contributed by atoms with Gasteiger partial charge in [-0.1, -0.05) is 41.9 Å². The molecule has 0 aliphatic heterocycles. The van der Waals surface area contributed by atoms with E-state index in [4.69, 9.17) is 23.8 Å². The van der Waals surface area contributed by atoms with Gasteiger partial charge in [-0.25, -0.2) is 0 Å². The maximum Gasteiger partial charge on any atom is 0.159 e. The Kier molecular flexibility index (Phi) is 5.75. The molecule has 0 bridgehead atoms. The number of nitrogens with one attached hydrogen (secondary N) is 1. The third-order valence-electron chi connectivity index (χ3n) is 2.88. The third kappa shape index (κ3) is 5.54. The Morgan fingerprint density at radius 3 is 2.41 bits per heavy atom. The van der Waals surface area contributed by atoms with E-state index >= 15 is 0 Å². The van der Waals surface area contributed by atoms with Gasteiger partial charge in [-0.3, -0.25) is 0 Å². The molecule has 116 valence electrons. The van der Waals surface area contributed by atoms with Gasteiger partial charge in [-0.15, -0.1) is 11.3 Å². The minimum atomic E-state index is 0.738. The molecule has 0 atom stereocenters. The molecule has 5 heteroatoms. The lowest BCUT2D eigenvalue weighted by Crippen LogP contribution is -2.33. The van der Waals surface area contributed by atoms with Crippen LogP contribution in [0.25, 0.3) is 10.2 Å². The quantitative estimate of drug-likeness (QED) is 0.475. The Bertz CT molecular complexity index is 786. The molecule has 0 aliphatic carbocycles. The SMILES string of the molecule is C[N+](C)(C)Cc1ccccc1.S=c1[nH]c2cc(Cl)ccc2s1. The van der Waals surface area contributed by atoms with Crippen molar-refractivity contribution in [3.8, 4) is 0 Å². The second-order valence-corrected chi connectivity index (χ2v) is 8.24. The summed E-state index contributed by atoms with van der Waals surface area (Å²) in [5.41, 5.74) is 2.42. The molecule has 2 aromatic carbocycles. The zero-order chi connectivity index (χ0) is 16.2.